The van der Waals surface area contributed by atoms with E-state index in [1.54, 1.807) is 6.08 Å². The average Bonchev–Trinajstić information content (AvgIpc) is 3.31. The van der Waals surface area contributed by atoms with Crippen LogP contribution in [0.1, 0.15) is 303 Å². The maximum absolute atomic E-state index is 12.9. The molecule has 0 aromatic heterocycles. The number of phosphoric ester groups is 1. The molecule has 0 aliphatic carbocycles. The van der Waals surface area contributed by atoms with Crippen LogP contribution in [-0.2, 0) is 18.4 Å². The highest BCUT2D eigenvalue weighted by molar-refractivity contribution is 7.47. The Labute approximate surface area is 430 Å². The number of carbonyl (C=O) groups is 1. The van der Waals surface area contributed by atoms with Crippen molar-refractivity contribution in [3.8, 4) is 0 Å². The molecular formula is C60H120N2O6P+. The van der Waals surface area contributed by atoms with E-state index >= 15 is 0 Å². The van der Waals surface area contributed by atoms with Crippen molar-refractivity contribution in [2.75, 3.05) is 40.9 Å². The molecule has 0 rings (SSSR count). The first-order valence-electron chi connectivity index (χ1n) is 30.2. The minimum atomic E-state index is -4.34. The molecule has 9 heteroatoms. The molecule has 3 atom stereocenters. The Morgan fingerprint density at radius 2 is 0.797 bits per heavy atom. The van der Waals surface area contributed by atoms with Gasteiger partial charge in [0.2, 0.25) is 5.91 Å². The van der Waals surface area contributed by atoms with Gasteiger partial charge in [0.15, 0.2) is 0 Å². The van der Waals surface area contributed by atoms with Gasteiger partial charge in [-0.05, 0) is 32.1 Å². The summed E-state index contributed by atoms with van der Waals surface area (Å²) in [5, 5.41) is 13.8. The fourth-order valence-corrected chi connectivity index (χ4v) is 9.92. The van der Waals surface area contributed by atoms with E-state index in [4.69, 9.17) is 9.05 Å². The summed E-state index contributed by atoms with van der Waals surface area (Å²) in [4.78, 5) is 23.2. The number of nitrogens with zero attached hydrogens (tertiary/aromatic N) is 1. The van der Waals surface area contributed by atoms with E-state index in [-0.39, 0.29) is 19.1 Å². The quantitative estimate of drug-likeness (QED) is 0.0243. The van der Waals surface area contributed by atoms with E-state index in [2.05, 4.69) is 31.3 Å². The predicted molar refractivity (Wildman–Crippen MR) is 300 cm³/mol. The molecule has 0 aromatic rings. The van der Waals surface area contributed by atoms with Gasteiger partial charge in [-0.15, -0.1) is 0 Å². The minimum Gasteiger partial charge on any atom is -0.387 e. The third-order valence-electron chi connectivity index (χ3n) is 13.9. The number of hydrogen-bond acceptors (Lipinski definition) is 5. The van der Waals surface area contributed by atoms with Crippen molar-refractivity contribution in [3.05, 3.63) is 24.3 Å². The Bertz CT molecular complexity index is 1170. The molecule has 3 N–H and O–H groups in total. The summed E-state index contributed by atoms with van der Waals surface area (Å²) in [6.07, 6.45) is 66.2. The molecule has 1 amide bonds. The number of hydrogen-bond donors (Lipinski definition) is 3. The molecule has 0 fully saturated rings. The number of aliphatic hydroxyl groups is 1. The molecule has 0 radical (unpaired) electrons. The Morgan fingerprint density at radius 3 is 1.16 bits per heavy atom. The number of carbonyl (C=O) groups excluding carboxylic acids is 1. The zero-order chi connectivity index (χ0) is 50.6. The van der Waals surface area contributed by atoms with Gasteiger partial charge in [-0.1, -0.05) is 289 Å². The maximum atomic E-state index is 12.9. The highest BCUT2D eigenvalue weighted by Gasteiger charge is 2.27. The number of allylic oxidation sites excluding steroid dienone is 3. The number of likely N-dealkylation sites (N-methyl/N-ethyl adjacent to an activating group) is 1. The number of aliphatic hydroxyl groups excluding tert-OH is 1. The third-order valence-corrected chi connectivity index (χ3v) is 14.9. The molecule has 0 saturated carbocycles. The number of unbranched alkanes of at least 4 members (excludes halogenated alkanes) is 41. The SMILES string of the molecule is CCCCCCC/C=C/CC/C=C/C(O)C(COP(=O)(O)OCC[N+](C)(C)C)NC(=O)CCCCCCCCCCCCCCCCCCCCCCCCCCCCCCCCCCCCCC. The van der Waals surface area contributed by atoms with E-state index < -0.39 is 20.0 Å². The van der Waals surface area contributed by atoms with Crippen LogP contribution < -0.4 is 5.32 Å². The summed E-state index contributed by atoms with van der Waals surface area (Å²) in [5.41, 5.74) is 0. The van der Waals surface area contributed by atoms with Crippen LogP contribution >= 0.6 is 7.82 Å². The lowest BCUT2D eigenvalue weighted by Gasteiger charge is -2.25. The van der Waals surface area contributed by atoms with E-state index in [9.17, 15) is 19.4 Å². The molecule has 69 heavy (non-hydrogen) atoms. The summed E-state index contributed by atoms with van der Waals surface area (Å²) in [6.45, 7) is 4.80. The van der Waals surface area contributed by atoms with Crippen LogP contribution in [0.4, 0.5) is 0 Å². The zero-order valence-electron chi connectivity index (χ0n) is 46.8. The first-order chi connectivity index (χ1) is 33.5. The van der Waals surface area contributed by atoms with Gasteiger partial charge in [0, 0.05) is 6.42 Å². The van der Waals surface area contributed by atoms with Gasteiger partial charge >= 0.3 is 7.82 Å². The molecule has 0 saturated heterocycles. The van der Waals surface area contributed by atoms with Crippen LogP contribution in [0.15, 0.2) is 24.3 Å². The summed E-state index contributed by atoms with van der Waals surface area (Å²) < 4.78 is 23.6. The topological polar surface area (TPSA) is 105 Å². The summed E-state index contributed by atoms with van der Waals surface area (Å²) in [6, 6.07) is -0.859. The lowest BCUT2D eigenvalue weighted by atomic mass is 10.0. The second-order valence-corrected chi connectivity index (χ2v) is 23.5. The Hall–Kier alpha value is -1.02. The Morgan fingerprint density at radius 1 is 0.478 bits per heavy atom. The summed E-state index contributed by atoms with van der Waals surface area (Å²) in [5.74, 6) is -0.183. The Balaban J connectivity index is 3.86. The lowest BCUT2D eigenvalue weighted by molar-refractivity contribution is -0.870. The molecule has 8 nitrogen and oxygen atoms in total. The van der Waals surface area contributed by atoms with Crippen molar-refractivity contribution in [2.24, 2.45) is 0 Å². The first kappa shape index (κ1) is 68.0. The van der Waals surface area contributed by atoms with E-state index in [0.29, 0.717) is 17.4 Å². The van der Waals surface area contributed by atoms with Crippen LogP contribution in [0.2, 0.25) is 0 Å². The number of rotatable bonds is 56. The molecular weight excluding hydrogens is 876 g/mol. The van der Waals surface area contributed by atoms with E-state index in [1.165, 1.54) is 244 Å². The van der Waals surface area contributed by atoms with E-state index in [0.717, 1.165) is 38.5 Å². The molecule has 0 spiro atoms. The second-order valence-electron chi connectivity index (χ2n) is 22.1. The van der Waals surface area contributed by atoms with Gasteiger partial charge in [-0.25, -0.2) is 4.57 Å². The standard InChI is InChI=1S/C60H119N2O6P/c1-6-8-10-12-14-16-18-19-20-21-22-23-24-25-26-27-28-29-30-31-32-33-34-35-36-37-38-39-40-41-42-44-46-48-50-52-54-60(64)61-58(57-68-69(65,66)67-56-55-62(3,4)5)59(63)53-51-49-47-45-43-17-15-13-11-9-7-2/h43,45,51,53,58-59,63H,6-42,44,46-50,52,54-57H2,1-5H3,(H-,61,64,65,66)/p+1/b45-43+,53-51+. The Kier molecular flexibility index (Phi) is 51.1. The molecule has 0 aromatic carbocycles. The van der Waals surface area contributed by atoms with Crippen molar-refractivity contribution in [2.45, 2.75) is 315 Å². The molecule has 0 aliphatic rings. The zero-order valence-corrected chi connectivity index (χ0v) is 47.7. The fraction of sp³-hybridized carbons (Fsp3) is 0.917. The average molecular weight is 997 g/mol. The highest BCUT2D eigenvalue weighted by Crippen LogP contribution is 2.43. The normalized spacial score (nSPS) is 14.0. The van der Waals surface area contributed by atoms with Gasteiger partial charge in [0.05, 0.1) is 39.9 Å². The second kappa shape index (κ2) is 51.9. The summed E-state index contributed by atoms with van der Waals surface area (Å²) in [7, 11) is 1.57. The predicted octanol–water partition coefficient (Wildman–Crippen LogP) is 18.4. The first-order valence-corrected chi connectivity index (χ1v) is 31.7. The maximum Gasteiger partial charge on any atom is 0.472 e. The molecule has 3 unspecified atom stereocenters. The van der Waals surface area contributed by atoms with Gasteiger partial charge < -0.3 is 19.8 Å². The van der Waals surface area contributed by atoms with Crippen molar-refractivity contribution >= 4 is 13.7 Å². The van der Waals surface area contributed by atoms with Crippen molar-refractivity contribution in [1.82, 2.24) is 5.32 Å². The number of phosphoric acid groups is 1. The molecule has 0 aliphatic heterocycles. The van der Waals surface area contributed by atoms with Crippen molar-refractivity contribution < 1.29 is 32.9 Å². The van der Waals surface area contributed by atoms with Gasteiger partial charge in [-0.2, -0.15) is 0 Å². The smallest absolute Gasteiger partial charge is 0.387 e. The van der Waals surface area contributed by atoms with Gasteiger partial charge in [0.25, 0.3) is 0 Å². The molecule has 0 heterocycles. The van der Waals surface area contributed by atoms with Crippen molar-refractivity contribution in [1.29, 1.82) is 0 Å². The molecule has 410 valence electrons. The largest absolute Gasteiger partial charge is 0.472 e. The van der Waals surface area contributed by atoms with Crippen LogP contribution in [0.5, 0.6) is 0 Å². The third kappa shape index (κ3) is 54.6. The van der Waals surface area contributed by atoms with E-state index in [1.807, 2.05) is 27.2 Å². The van der Waals surface area contributed by atoms with Gasteiger partial charge in [0.1, 0.15) is 13.2 Å². The van der Waals surface area contributed by atoms with Gasteiger partial charge in [-0.3, -0.25) is 13.8 Å². The fourth-order valence-electron chi connectivity index (χ4n) is 9.18. The van der Waals surface area contributed by atoms with Crippen LogP contribution in [0.3, 0.4) is 0 Å². The van der Waals surface area contributed by atoms with Crippen LogP contribution in [0.25, 0.3) is 0 Å². The molecule has 0 bridgehead atoms. The van der Waals surface area contributed by atoms with Crippen molar-refractivity contribution in [3.63, 3.8) is 0 Å². The van der Waals surface area contributed by atoms with Crippen LogP contribution in [0, 0.1) is 0 Å². The summed E-state index contributed by atoms with van der Waals surface area (Å²) >= 11 is 0. The number of nitrogens with one attached hydrogen (secondary N) is 1. The highest BCUT2D eigenvalue weighted by atomic mass is 31.2. The number of quaternary nitrogens is 1. The monoisotopic (exact) mass is 996 g/mol. The minimum absolute atomic E-state index is 0.0583. The lowest BCUT2D eigenvalue weighted by Crippen LogP contribution is -2.45. The van der Waals surface area contributed by atoms with Crippen LogP contribution in [-0.4, -0.2) is 73.4 Å². The number of amides is 1.